The second kappa shape index (κ2) is 6.76. The van der Waals surface area contributed by atoms with Gasteiger partial charge in [-0.3, -0.25) is 0 Å². The van der Waals surface area contributed by atoms with Gasteiger partial charge in [-0.2, -0.15) is 0 Å². The average Bonchev–Trinajstić information content (AvgIpc) is 3.03. The normalized spacial score (nSPS) is 10.5. The Morgan fingerprint density at radius 2 is 2.04 bits per heavy atom. The summed E-state index contributed by atoms with van der Waals surface area (Å²) >= 11 is 7.33. The molecule has 3 rings (SSSR count). The number of thiazole rings is 1. The number of carbonyl (C=O) groups is 1. The highest BCUT2D eigenvalue weighted by Crippen LogP contribution is 2.27. The van der Waals surface area contributed by atoms with Crippen LogP contribution in [0.25, 0.3) is 11.1 Å². The molecule has 0 aliphatic rings. The predicted molar refractivity (Wildman–Crippen MR) is 88.1 cm³/mol. The summed E-state index contributed by atoms with van der Waals surface area (Å²) < 4.78 is 5.61. The number of pyridine rings is 1. The van der Waals surface area contributed by atoms with Crippen LogP contribution in [0.2, 0.25) is 5.15 Å². The molecule has 0 aliphatic heterocycles. The van der Waals surface area contributed by atoms with Gasteiger partial charge in [-0.05, 0) is 29.8 Å². The second-order valence-electron chi connectivity index (χ2n) is 4.59. The summed E-state index contributed by atoms with van der Waals surface area (Å²) in [5, 5.41) is 11.4. The predicted octanol–water partition coefficient (Wildman–Crippen LogP) is 4.14. The zero-order valence-electron chi connectivity index (χ0n) is 11.8. The lowest BCUT2D eigenvalue weighted by atomic mass is 10.1. The smallest absolute Gasteiger partial charge is 0.355 e. The van der Waals surface area contributed by atoms with E-state index >= 15 is 0 Å². The summed E-state index contributed by atoms with van der Waals surface area (Å²) in [7, 11) is 0. The van der Waals surface area contributed by atoms with Crippen molar-refractivity contribution >= 4 is 28.9 Å². The summed E-state index contributed by atoms with van der Waals surface area (Å²) in [6.07, 6.45) is 1.64. The van der Waals surface area contributed by atoms with E-state index in [9.17, 15) is 4.79 Å². The molecule has 116 valence electrons. The molecular formula is C16H11ClN2O3S. The van der Waals surface area contributed by atoms with Gasteiger partial charge in [0.2, 0.25) is 0 Å². The van der Waals surface area contributed by atoms with Gasteiger partial charge in [0.15, 0.2) is 5.69 Å². The molecule has 0 bridgehead atoms. The first-order valence-corrected chi connectivity index (χ1v) is 7.90. The SMILES string of the molecule is O=C(O)c1csc(COc2ccc(-c3cccnc3Cl)cc2)n1. The van der Waals surface area contributed by atoms with Crippen LogP contribution in [0.3, 0.4) is 0 Å². The first-order chi connectivity index (χ1) is 11.1. The fraction of sp³-hybridized carbons (Fsp3) is 0.0625. The summed E-state index contributed by atoms with van der Waals surface area (Å²) in [5.41, 5.74) is 1.83. The number of hydrogen-bond acceptors (Lipinski definition) is 5. The van der Waals surface area contributed by atoms with Gasteiger partial charge in [0.05, 0.1) is 0 Å². The molecule has 23 heavy (non-hydrogen) atoms. The van der Waals surface area contributed by atoms with Crippen molar-refractivity contribution in [3.05, 3.63) is 63.8 Å². The molecule has 1 N–H and O–H groups in total. The van der Waals surface area contributed by atoms with Crippen LogP contribution in [0.4, 0.5) is 0 Å². The monoisotopic (exact) mass is 346 g/mol. The number of halogens is 1. The summed E-state index contributed by atoms with van der Waals surface area (Å²) in [6, 6.07) is 11.2. The summed E-state index contributed by atoms with van der Waals surface area (Å²) in [5.74, 6) is -0.369. The molecule has 2 heterocycles. The highest BCUT2D eigenvalue weighted by Gasteiger charge is 2.09. The molecule has 1 aromatic carbocycles. The minimum absolute atomic E-state index is 0.0372. The average molecular weight is 347 g/mol. The van der Waals surface area contributed by atoms with Crippen molar-refractivity contribution in [2.45, 2.75) is 6.61 Å². The van der Waals surface area contributed by atoms with Crippen LogP contribution in [0.15, 0.2) is 48.0 Å². The lowest BCUT2D eigenvalue weighted by molar-refractivity contribution is 0.0691. The van der Waals surface area contributed by atoms with Crippen LogP contribution in [0.1, 0.15) is 15.5 Å². The highest BCUT2D eigenvalue weighted by atomic mass is 35.5. The largest absolute Gasteiger partial charge is 0.486 e. The molecule has 0 fully saturated rings. The zero-order chi connectivity index (χ0) is 16.2. The van der Waals surface area contributed by atoms with Crippen molar-refractivity contribution in [1.82, 2.24) is 9.97 Å². The van der Waals surface area contributed by atoms with Gasteiger partial charge in [-0.25, -0.2) is 14.8 Å². The number of aromatic carboxylic acids is 1. The van der Waals surface area contributed by atoms with Crippen LogP contribution < -0.4 is 4.74 Å². The van der Waals surface area contributed by atoms with E-state index in [1.165, 1.54) is 16.7 Å². The molecule has 0 atom stereocenters. The number of hydrogen-bond donors (Lipinski definition) is 1. The molecule has 0 amide bonds. The molecule has 7 heteroatoms. The van der Waals surface area contributed by atoms with Gasteiger partial charge in [0.25, 0.3) is 0 Å². The maximum atomic E-state index is 10.8. The van der Waals surface area contributed by atoms with E-state index in [1.54, 1.807) is 6.20 Å². The second-order valence-corrected chi connectivity index (χ2v) is 5.89. The first-order valence-electron chi connectivity index (χ1n) is 6.65. The number of ether oxygens (including phenoxy) is 1. The van der Waals surface area contributed by atoms with Crippen molar-refractivity contribution in [3.63, 3.8) is 0 Å². The summed E-state index contributed by atoms with van der Waals surface area (Å²) in [4.78, 5) is 18.8. The number of aromatic nitrogens is 2. The van der Waals surface area contributed by atoms with Gasteiger partial charge < -0.3 is 9.84 Å². The molecule has 0 unspecified atom stereocenters. The third kappa shape index (κ3) is 3.67. The molecule has 0 aliphatic carbocycles. The van der Waals surface area contributed by atoms with Crippen molar-refractivity contribution in [1.29, 1.82) is 0 Å². The third-order valence-electron chi connectivity index (χ3n) is 3.06. The lowest BCUT2D eigenvalue weighted by Gasteiger charge is -2.06. The highest BCUT2D eigenvalue weighted by molar-refractivity contribution is 7.09. The van der Waals surface area contributed by atoms with Crippen LogP contribution in [-0.2, 0) is 6.61 Å². The van der Waals surface area contributed by atoms with Gasteiger partial charge in [0, 0.05) is 17.1 Å². The number of carboxylic acids is 1. The van der Waals surface area contributed by atoms with Crippen molar-refractivity contribution in [2.75, 3.05) is 0 Å². The Bertz CT molecular complexity index is 833. The van der Waals surface area contributed by atoms with E-state index in [0.29, 0.717) is 15.9 Å². The lowest BCUT2D eigenvalue weighted by Crippen LogP contribution is -1.99. The van der Waals surface area contributed by atoms with Gasteiger partial charge >= 0.3 is 5.97 Å². The van der Waals surface area contributed by atoms with E-state index in [4.69, 9.17) is 21.4 Å². The van der Waals surface area contributed by atoms with E-state index in [2.05, 4.69) is 9.97 Å². The molecular weight excluding hydrogens is 336 g/mol. The van der Waals surface area contributed by atoms with E-state index in [-0.39, 0.29) is 12.3 Å². The Kier molecular flexibility index (Phi) is 4.55. The molecule has 5 nitrogen and oxygen atoms in total. The Labute approximate surface area is 141 Å². The van der Waals surface area contributed by atoms with Crippen molar-refractivity contribution in [3.8, 4) is 16.9 Å². The number of nitrogens with zero attached hydrogens (tertiary/aromatic N) is 2. The van der Waals surface area contributed by atoms with Gasteiger partial charge in [0.1, 0.15) is 22.5 Å². The standard InChI is InChI=1S/C16H11ClN2O3S/c17-15-12(2-1-7-18-15)10-3-5-11(6-4-10)22-8-14-19-13(9-23-14)16(20)21/h1-7,9H,8H2,(H,20,21). The Balaban J connectivity index is 1.68. The van der Waals surface area contributed by atoms with Gasteiger partial charge in [-0.15, -0.1) is 11.3 Å². The molecule has 0 saturated heterocycles. The maximum Gasteiger partial charge on any atom is 0.355 e. The quantitative estimate of drug-likeness (QED) is 0.703. The van der Waals surface area contributed by atoms with Crippen LogP contribution in [0, 0.1) is 0 Å². The number of carboxylic acid groups (broad SMARTS) is 1. The van der Waals surface area contributed by atoms with Crippen LogP contribution in [0.5, 0.6) is 5.75 Å². The molecule has 2 aromatic heterocycles. The van der Waals surface area contributed by atoms with E-state index < -0.39 is 5.97 Å². The third-order valence-corrected chi connectivity index (χ3v) is 4.18. The Morgan fingerprint density at radius 3 is 2.70 bits per heavy atom. The minimum Gasteiger partial charge on any atom is -0.486 e. The number of benzene rings is 1. The maximum absolute atomic E-state index is 10.8. The van der Waals surface area contributed by atoms with Crippen LogP contribution >= 0.6 is 22.9 Å². The van der Waals surface area contributed by atoms with Crippen molar-refractivity contribution < 1.29 is 14.6 Å². The number of rotatable bonds is 5. The van der Waals surface area contributed by atoms with Gasteiger partial charge in [-0.1, -0.05) is 23.7 Å². The fourth-order valence-electron chi connectivity index (χ4n) is 1.95. The zero-order valence-corrected chi connectivity index (χ0v) is 13.3. The Morgan fingerprint density at radius 1 is 1.26 bits per heavy atom. The Hall–Kier alpha value is -2.44. The van der Waals surface area contributed by atoms with Crippen LogP contribution in [-0.4, -0.2) is 21.0 Å². The molecule has 3 aromatic rings. The molecule has 0 spiro atoms. The topological polar surface area (TPSA) is 72.3 Å². The van der Waals surface area contributed by atoms with Crippen molar-refractivity contribution in [2.24, 2.45) is 0 Å². The van der Waals surface area contributed by atoms with E-state index in [0.717, 1.165) is 11.1 Å². The van der Waals surface area contributed by atoms with E-state index in [1.807, 2.05) is 36.4 Å². The molecule has 0 radical (unpaired) electrons. The summed E-state index contributed by atoms with van der Waals surface area (Å²) in [6.45, 7) is 0.227. The fourth-order valence-corrected chi connectivity index (χ4v) is 2.86. The first kappa shape index (κ1) is 15.5. The minimum atomic E-state index is -1.04. The molecule has 0 saturated carbocycles.